The number of carbonyl (C=O) groups is 2. The van der Waals surface area contributed by atoms with E-state index in [1.807, 2.05) is 35.4 Å². The van der Waals surface area contributed by atoms with Crippen molar-refractivity contribution in [1.82, 2.24) is 15.4 Å². The summed E-state index contributed by atoms with van der Waals surface area (Å²) in [6, 6.07) is 8.04. The Kier molecular flexibility index (Phi) is 5.71. The van der Waals surface area contributed by atoms with E-state index in [1.54, 1.807) is 5.48 Å². The van der Waals surface area contributed by atoms with Crippen LogP contribution in [0.2, 0.25) is 0 Å². The van der Waals surface area contributed by atoms with Crippen LogP contribution < -0.4 is 5.48 Å². The molecule has 2 heterocycles. The number of rotatable bonds is 6. The van der Waals surface area contributed by atoms with E-state index < -0.39 is 0 Å². The lowest BCUT2D eigenvalue weighted by Gasteiger charge is -2.32. The minimum atomic E-state index is -0.327. The van der Waals surface area contributed by atoms with Gasteiger partial charge in [0.05, 0.1) is 6.42 Å². The molecule has 0 aliphatic carbocycles. The topological polar surface area (TPSA) is 85.4 Å². The second kappa shape index (κ2) is 8.16. The molecular formula is C19H25N3O3. The molecule has 1 aromatic carbocycles. The number of benzene rings is 1. The lowest BCUT2D eigenvalue weighted by atomic mass is 9.91. The summed E-state index contributed by atoms with van der Waals surface area (Å²) in [6.45, 7) is 1.58. The first kappa shape index (κ1) is 17.5. The molecule has 6 heteroatoms. The molecule has 1 fully saturated rings. The van der Waals surface area contributed by atoms with Gasteiger partial charge in [0.2, 0.25) is 11.8 Å². The number of carbonyl (C=O) groups excluding carboxylic acids is 2. The number of likely N-dealkylation sites (tertiary alicyclic amines) is 1. The number of nitrogens with zero attached hydrogens (tertiary/aromatic N) is 1. The molecule has 134 valence electrons. The van der Waals surface area contributed by atoms with Gasteiger partial charge < -0.3 is 9.88 Å². The van der Waals surface area contributed by atoms with Crippen LogP contribution in [0.3, 0.4) is 0 Å². The highest BCUT2D eigenvalue weighted by Crippen LogP contribution is 2.24. The van der Waals surface area contributed by atoms with Crippen LogP contribution in [-0.4, -0.2) is 40.0 Å². The Labute approximate surface area is 147 Å². The summed E-state index contributed by atoms with van der Waals surface area (Å²) >= 11 is 0. The van der Waals surface area contributed by atoms with Crippen LogP contribution in [0.25, 0.3) is 10.9 Å². The van der Waals surface area contributed by atoms with E-state index in [0.29, 0.717) is 18.8 Å². The van der Waals surface area contributed by atoms with Gasteiger partial charge in [-0.25, -0.2) is 5.48 Å². The smallest absolute Gasteiger partial charge is 0.243 e. The zero-order chi connectivity index (χ0) is 17.6. The average Bonchev–Trinajstić information content (AvgIpc) is 3.05. The average molecular weight is 343 g/mol. The Morgan fingerprint density at radius 1 is 1.24 bits per heavy atom. The third-order valence-corrected chi connectivity index (χ3v) is 5.12. The van der Waals surface area contributed by atoms with Gasteiger partial charge in [-0.1, -0.05) is 18.2 Å². The Hall–Kier alpha value is -2.34. The Balaban J connectivity index is 1.46. The summed E-state index contributed by atoms with van der Waals surface area (Å²) in [5.41, 5.74) is 3.78. The van der Waals surface area contributed by atoms with E-state index in [0.717, 1.165) is 55.2 Å². The number of hydrogen-bond donors (Lipinski definition) is 3. The molecule has 25 heavy (non-hydrogen) atoms. The van der Waals surface area contributed by atoms with Gasteiger partial charge in [-0.15, -0.1) is 0 Å². The minimum Gasteiger partial charge on any atom is -0.361 e. The van der Waals surface area contributed by atoms with Crippen LogP contribution in [0.4, 0.5) is 0 Å². The van der Waals surface area contributed by atoms with Crippen molar-refractivity contribution < 1.29 is 14.8 Å². The summed E-state index contributed by atoms with van der Waals surface area (Å²) in [5.74, 6) is 0.415. The molecule has 0 saturated carbocycles. The van der Waals surface area contributed by atoms with Crippen molar-refractivity contribution in [2.24, 2.45) is 5.92 Å². The predicted molar refractivity (Wildman–Crippen MR) is 95.1 cm³/mol. The van der Waals surface area contributed by atoms with Gasteiger partial charge in [-0.2, -0.15) is 0 Å². The van der Waals surface area contributed by atoms with Crippen LogP contribution >= 0.6 is 0 Å². The number of nitrogens with one attached hydrogen (secondary N) is 2. The molecule has 1 aliphatic heterocycles. The van der Waals surface area contributed by atoms with Gasteiger partial charge in [0.1, 0.15) is 0 Å². The Bertz CT molecular complexity index is 732. The van der Waals surface area contributed by atoms with Crippen molar-refractivity contribution in [1.29, 1.82) is 0 Å². The van der Waals surface area contributed by atoms with Gasteiger partial charge in [0.25, 0.3) is 0 Å². The quantitative estimate of drug-likeness (QED) is 0.557. The predicted octanol–water partition coefficient (Wildman–Crippen LogP) is 2.62. The van der Waals surface area contributed by atoms with Crippen molar-refractivity contribution in [2.45, 2.75) is 38.5 Å². The normalized spacial score (nSPS) is 15.5. The molecule has 0 unspecified atom stereocenters. The monoisotopic (exact) mass is 343 g/mol. The molecule has 0 spiro atoms. The fraction of sp³-hybridized carbons (Fsp3) is 0.474. The highest BCUT2D eigenvalue weighted by molar-refractivity contribution is 5.88. The summed E-state index contributed by atoms with van der Waals surface area (Å²) in [6.07, 6.45) is 6.45. The maximum absolute atomic E-state index is 12.6. The van der Waals surface area contributed by atoms with E-state index in [2.05, 4.69) is 4.98 Å². The molecule has 3 N–H and O–H groups in total. The van der Waals surface area contributed by atoms with E-state index in [1.165, 1.54) is 0 Å². The second-order valence-electron chi connectivity index (χ2n) is 6.79. The van der Waals surface area contributed by atoms with Crippen molar-refractivity contribution in [3.05, 3.63) is 36.0 Å². The largest absolute Gasteiger partial charge is 0.361 e. The van der Waals surface area contributed by atoms with Crippen LogP contribution in [0.1, 0.15) is 37.7 Å². The third kappa shape index (κ3) is 4.39. The van der Waals surface area contributed by atoms with Gasteiger partial charge in [-0.05, 0) is 43.2 Å². The first-order valence-corrected chi connectivity index (χ1v) is 8.93. The standard InChI is InChI=1S/C19H25N3O3/c23-18(21-25)7-3-4-14-8-10-22(11-9-14)19(24)12-15-13-20-17-6-2-1-5-16(15)17/h1-2,5-6,13-14,20,25H,3-4,7-12H2,(H,21,23). The number of hydrogen-bond acceptors (Lipinski definition) is 3. The zero-order valence-electron chi connectivity index (χ0n) is 14.3. The van der Waals surface area contributed by atoms with Crippen molar-refractivity contribution >= 4 is 22.7 Å². The molecule has 1 aliphatic rings. The second-order valence-corrected chi connectivity index (χ2v) is 6.79. The number of aromatic amines is 1. The third-order valence-electron chi connectivity index (χ3n) is 5.12. The van der Waals surface area contributed by atoms with Crippen LogP contribution in [0.5, 0.6) is 0 Å². The molecule has 6 nitrogen and oxygen atoms in total. The number of fused-ring (bicyclic) bond motifs is 1. The molecule has 1 saturated heterocycles. The lowest BCUT2D eigenvalue weighted by molar-refractivity contribution is -0.131. The summed E-state index contributed by atoms with van der Waals surface area (Å²) in [7, 11) is 0. The van der Waals surface area contributed by atoms with E-state index in [-0.39, 0.29) is 11.8 Å². The van der Waals surface area contributed by atoms with Crippen LogP contribution in [-0.2, 0) is 16.0 Å². The molecule has 1 aromatic heterocycles. The molecule has 0 bridgehead atoms. The lowest BCUT2D eigenvalue weighted by Crippen LogP contribution is -2.39. The Morgan fingerprint density at radius 2 is 2.00 bits per heavy atom. The van der Waals surface area contributed by atoms with Crippen molar-refractivity contribution in [3.8, 4) is 0 Å². The van der Waals surface area contributed by atoms with E-state index in [4.69, 9.17) is 5.21 Å². The maximum atomic E-state index is 12.6. The SMILES string of the molecule is O=C(CCCC1CCN(C(=O)Cc2c[nH]c3ccccc23)CC1)NO. The molecule has 2 amide bonds. The zero-order valence-corrected chi connectivity index (χ0v) is 14.3. The maximum Gasteiger partial charge on any atom is 0.243 e. The molecular weight excluding hydrogens is 318 g/mol. The number of aromatic nitrogens is 1. The molecule has 3 rings (SSSR count). The summed E-state index contributed by atoms with van der Waals surface area (Å²) < 4.78 is 0. The van der Waals surface area contributed by atoms with Gasteiger partial charge in [0, 0.05) is 36.6 Å². The fourth-order valence-electron chi connectivity index (χ4n) is 3.63. The Morgan fingerprint density at radius 3 is 2.76 bits per heavy atom. The molecule has 0 radical (unpaired) electrons. The summed E-state index contributed by atoms with van der Waals surface area (Å²) in [5, 5.41) is 9.61. The fourth-order valence-corrected chi connectivity index (χ4v) is 3.63. The first-order chi connectivity index (χ1) is 12.2. The van der Waals surface area contributed by atoms with Crippen molar-refractivity contribution in [2.75, 3.05) is 13.1 Å². The summed E-state index contributed by atoms with van der Waals surface area (Å²) in [4.78, 5) is 28.8. The number of H-pyrrole nitrogens is 1. The minimum absolute atomic E-state index is 0.183. The first-order valence-electron chi connectivity index (χ1n) is 8.93. The number of piperidine rings is 1. The molecule has 2 aromatic rings. The van der Waals surface area contributed by atoms with Crippen molar-refractivity contribution in [3.63, 3.8) is 0 Å². The highest BCUT2D eigenvalue weighted by atomic mass is 16.5. The molecule has 0 atom stereocenters. The van der Waals surface area contributed by atoms with E-state index in [9.17, 15) is 9.59 Å². The number of amides is 2. The van der Waals surface area contributed by atoms with Crippen LogP contribution in [0.15, 0.2) is 30.5 Å². The van der Waals surface area contributed by atoms with Gasteiger partial charge >= 0.3 is 0 Å². The van der Waals surface area contributed by atoms with Crippen LogP contribution in [0, 0.1) is 5.92 Å². The number of hydroxylamine groups is 1. The highest BCUT2D eigenvalue weighted by Gasteiger charge is 2.23. The number of para-hydroxylation sites is 1. The van der Waals surface area contributed by atoms with E-state index >= 15 is 0 Å². The van der Waals surface area contributed by atoms with Gasteiger partial charge in [-0.3, -0.25) is 14.8 Å². The van der Waals surface area contributed by atoms with Gasteiger partial charge in [0.15, 0.2) is 0 Å².